The van der Waals surface area contributed by atoms with Gasteiger partial charge in [-0.1, -0.05) is 24.6 Å². The maximum Gasteiger partial charge on any atom is 0.226 e. The lowest BCUT2D eigenvalue weighted by Crippen LogP contribution is -2.29. The lowest BCUT2D eigenvalue weighted by Gasteiger charge is -2.17. The van der Waals surface area contributed by atoms with E-state index >= 15 is 0 Å². The molecule has 3 nitrogen and oxygen atoms in total. The van der Waals surface area contributed by atoms with Crippen molar-refractivity contribution in [2.75, 3.05) is 20.1 Å². The Morgan fingerprint density at radius 2 is 2.00 bits per heavy atom. The molecule has 100 valence electrons. The Morgan fingerprint density at radius 1 is 1.28 bits per heavy atom. The topological polar surface area (TPSA) is 46.3 Å². The van der Waals surface area contributed by atoms with Crippen molar-refractivity contribution in [1.29, 1.82) is 0 Å². The average Bonchev–Trinajstić information content (AvgIpc) is 2.37. The highest BCUT2D eigenvalue weighted by molar-refractivity contribution is 5.78. The quantitative estimate of drug-likeness (QED) is 0.754. The second-order valence-corrected chi connectivity index (χ2v) is 4.43. The molecule has 0 spiro atoms. The summed E-state index contributed by atoms with van der Waals surface area (Å²) in [5, 5.41) is 0. The lowest BCUT2D eigenvalue weighted by molar-refractivity contribution is -0.129. The van der Waals surface area contributed by atoms with Crippen LogP contribution in [0.2, 0.25) is 0 Å². The summed E-state index contributed by atoms with van der Waals surface area (Å²) in [4.78, 5) is 13.5. The van der Waals surface area contributed by atoms with E-state index in [1.54, 1.807) is 30.1 Å². The van der Waals surface area contributed by atoms with E-state index in [1.807, 2.05) is 0 Å². The van der Waals surface area contributed by atoms with Gasteiger partial charge in [0.1, 0.15) is 5.82 Å². The summed E-state index contributed by atoms with van der Waals surface area (Å²) in [5.41, 5.74) is 5.86. The van der Waals surface area contributed by atoms with Crippen LogP contribution in [0.3, 0.4) is 0 Å². The average molecular weight is 252 g/mol. The van der Waals surface area contributed by atoms with Gasteiger partial charge in [-0.15, -0.1) is 0 Å². The minimum Gasteiger partial charge on any atom is -0.345 e. The van der Waals surface area contributed by atoms with Crippen molar-refractivity contribution >= 4 is 5.91 Å². The van der Waals surface area contributed by atoms with E-state index in [-0.39, 0.29) is 18.1 Å². The Bertz CT molecular complexity index is 382. The van der Waals surface area contributed by atoms with Gasteiger partial charge < -0.3 is 10.6 Å². The van der Waals surface area contributed by atoms with E-state index in [9.17, 15) is 9.18 Å². The van der Waals surface area contributed by atoms with Gasteiger partial charge in [0.2, 0.25) is 5.91 Å². The molecule has 0 heterocycles. The number of halogens is 1. The summed E-state index contributed by atoms with van der Waals surface area (Å²) in [6, 6.07) is 6.39. The Balaban J connectivity index is 2.38. The molecule has 0 fully saturated rings. The molecule has 1 amide bonds. The first-order valence-electron chi connectivity index (χ1n) is 6.32. The summed E-state index contributed by atoms with van der Waals surface area (Å²) in [5.74, 6) is -0.366. The fourth-order valence-electron chi connectivity index (χ4n) is 1.73. The Kier molecular flexibility index (Phi) is 6.36. The second-order valence-electron chi connectivity index (χ2n) is 4.43. The molecule has 1 aromatic carbocycles. The van der Waals surface area contributed by atoms with Crippen molar-refractivity contribution in [3.63, 3.8) is 0 Å². The van der Waals surface area contributed by atoms with Crippen LogP contribution in [-0.4, -0.2) is 30.9 Å². The molecule has 0 radical (unpaired) electrons. The molecule has 0 aliphatic carbocycles. The third-order valence-electron chi connectivity index (χ3n) is 2.92. The number of carbonyl (C=O) groups excluding carboxylic acids is 1. The number of rotatable bonds is 7. The minimum atomic E-state index is -0.317. The highest BCUT2D eigenvalue weighted by Crippen LogP contribution is 2.08. The van der Waals surface area contributed by atoms with Gasteiger partial charge in [-0.3, -0.25) is 4.79 Å². The summed E-state index contributed by atoms with van der Waals surface area (Å²) in [6.45, 7) is 1.39. The Morgan fingerprint density at radius 3 is 2.67 bits per heavy atom. The van der Waals surface area contributed by atoms with E-state index < -0.39 is 0 Å². The van der Waals surface area contributed by atoms with Crippen LogP contribution in [0.25, 0.3) is 0 Å². The van der Waals surface area contributed by atoms with Crippen LogP contribution < -0.4 is 5.73 Å². The maximum absolute atomic E-state index is 13.4. The molecule has 0 aliphatic rings. The number of unbranched alkanes of at least 4 members (excludes halogenated alkanes) is 2. The number of hydrogen-bond donors (Lipinski definition) is 1. The molecular formula is C14H21FN2O. The lowest BCUT2D eigenvalue weighted by atomic mass is 10.1. The van der Waals surface area contributed by atoms with Crippen molar-refractivity contribution in [3.8, 4) is 0 Å². The molecule has 0 unspecified atom stereocenters. The number of nitrogens with zero attached hydrogens (tertiary/aromatic N) is 1. The fourth-order valence-corrected chi connectivity index (χ4v) is 1.73. The number of benzene rings is 1. The standard InChI is InChI=1S/C14H21FN2O/c1-17(10-6-2-5-9-16)14(18)11-12-7-3-4-8-13(12)15/h3-4,7-8H,2,5-6,9-11,16H2,1H3. The third kappa shape index (κ3) is 4.84. The van der Waals surface area contributed by atoms with Gasteiger partial charge in [-0.05, 0) is 31.0 Å². The van der Waals surface area contributed by atoms with Crippen LogP contribution in [0.5, 0.6) is 0 Å². The number of hydrogen-bond acceptors (Lipinski definition) is 2. The predicted molar refractivity (Wildman–Crippen MR) is 70.6 cm³/mol. The largest absolute Gasteiger partial charge is 0.345 e. The van der Waals surface area contributed by atoms with Crippen LogP contribution in [0.4, 0.5) is 4.39 Å². The van der Waals surface area contributed by atoms with Gasteiger partial charge in [0.15, 0.2) is 0 Å². The van der Waals surface area contributed by atoms with Crippen molar-refractivity contribution in [2.45, 2.75) is 25.7 Å². The first-order valence-corrected chi connectivity index (χ1v) is 6.32. The van der Waals surface area contributed by atoms with Gasteiger partial charge in [0.05, 0.1) is 6.42 Å². The molecule has 0 aliphatic heterocycles. The number of carbonyl (C=O) groups is 1. The van der Waals surface area contributed by atoms with Gasteiger partial charge >= 0.3 is 0 Å². The van der Waals surface area contributed by atoms with E-state index in [4.69, 9.17) is 5.73 Å². The molecule has 18 heavy (non-hydrogen) atoms. The Hall–Kier alpha value is -1.42. The number of amides is 1. The van der Waals surface area contributed by atoms with Crippen molar-refractivity contribution < 1.29 is 9.18 Å². The van der Waals surface area contributed by atoms with Crippen LogP contribution in [0.1, 0.15) is 24.8 Å². The highest BCUT2D eigenvalue weighted by Gasteiger charge is 2.11. The maximum atomic E-state index is 13.4. The molecule has 0 saturated carbocycles. The normalized spacial score (nSPS) is 10.4. The van der Waals surface area contributed by atoms with Crippen molar-refractivity contribution in [1.82, 2.24) is 4.90 Å². The van der Waals surface area contributed by atoms with Crippen LogP contribution in [0, 0.1) is 5.82 Å². The minimum absolute atomic E-state index is 0.0483. The van der Waals surface area contributed by atoms with Crippen molar-refractivity contribution in [2.24, 2.45) is 5.73 Å². The predicted octanol–water partition coefficient (Wildman–Crippen LogP) is 1.96. The van der Waals surface area contributed by atoms with Gasteiger partial charge in [0.25, 0.3) is 0 Å². The SMILES string of the molecule is CN(CCCCCN)C(=O)Cc1ccccc1F. The van der Waals surface area contributed by atoms with E-state index in [2.05, 4.69) is 0 Å². The number of likely N-dealkylation sites (N-methyl/N-ethyl adjacent to an activating group) is 1. The summed E-state index contributed by atoms with van der Waals surface area (Å²) in [6.07, 6.45) is 3.07. The molecule has 4 heteroatoms. The third-order valence-corrected chi connectivity index (χ3v) is 2.92. The Labute approximate surface area is 108 Å². The molecule has 2 N–H and O–H groups in total. The van der Waals surface area contributed by atoms with Gasteiger partial charge in [-0.2, -0.15) is 0 Å². The number of nitrogens with two attached hydrogens (primary N) is 1. The molecule has 0 atom stereocenters. The molecule has 0 bridgehead atoms. The molecule has 0 aromatic heterocycles. The fraction of sp³-hybridized carbons (Fsp3) is 0.500. The zero-order valence-corrected chi connectivity index (χ0v) is 10.9. The van der Waals surface area contributed by atoms with Crippen LogP contribution in [-0.2, 0) is 11.2 Å². The molecule has 1 rings (SSSR count). The molecule has 1 aromatic rings. The smallest absolute Gasteiger partial charge is 0.226 e. The van der Waals surface area contributed by atoms with Gasteiger partial charge in [-0.25, -0.2) is 4.39 Å². The first-order chi connectivity index (χ1) is 8.65. The van der Waals surface area contributed by atoms with Crippen LogP contribution in [0.15, 0.2) is 24.3 Å². The molecular weight excluding hydrogens is 231 g/mol. The van der Waals surface area contributed by atoms with E-state index in [1.165, 1.54) is 6.07 Å². The van der Waals surface area contributed by atoms with E-state index in [0.717, 1.165) is 19.3 Å². The first kappa shape index (κ1) is 14.6. The van der Waals surface area contributed by atoms with Crippen molar-refractivity contribution in [3.05, 3.63) is 35.6 Å². The monoisotopic (exact) mass is 252 g/mol. The zero-order valence-electron chi connectivity index (χ0n) is 10.9. The molecule has 0 saturated heterocycles. The summed E-state index contributed by atoms with van der Waals surface area (Å²) < 4.78 is 13.4. The zero-order chi connectivity index (χ0) is 13.4. The van der Waals surface area contributed by atoms with E-state index in [0.29, 0.717) is 18.7 Å². The highest BCUT2D eigenvalue weighted by atomic mass is 19.1. The summed E-state index contributed by atoms with van der Waals surface area (Å²) >= 11 is 0. The van der Waals surface area contributed by atoms with Gasteiger partial charge in [0, 0.05) is 13.6 Å². The van der Waals surface area contributed by atoms with Crippen LogP contribution >= 0.6 is 0 Å². The summed E-state index contributed by atoms with van der Waals surface area (Å²) in [7, 11) is 1.76. The second kappa shape index (κ2) is 7.82.